The molecule has 0 saturated heterocycles. The van der Waals surface area contributed by atoms with Gasteiger partial charge in [0.15, 0.2) is 0 Å². The van der Waals surface area contributed by atoms with Gasteiger partial charge in [-0.3, -0.25) is 4.79 Å². The van der Waals surface area contributed by atoms with Crippen LogP contribution in [0.4, 0.5) is 0 Å². The average molecular weight is 337 g/mol. The summed E-state index contributed by atoms with van der Waals surface area (Å²) < 4.78 is 0. The number of aliphatic carboxylic acids is 1. The Labute approximate surface area is 166 Å². The minimum absolute atomic E-state index is 0. The topological polar surface area (TPSA) is 49.3 Å². The summed E-state index contributed by atoms with van der Waals surface area (Å²) in [5.41, 5.74) is 0. The van der Waals surface area contributed by atoms with Crippen molar-refractivity contribution in [3.8, 4) is 0 Å². The van der Waals surface area contributed by atoms with Crippen LogP contribution in [0.1, 0.15) is 104 Å². The number of hydrogen-bond donors (Lipinski definition) is 2. The molecule has 0 saturated carbocycles. The monoisotopic (exact) mass is 336 g/mol. The molecule has 0 aromatic heterocycles. The minimum Gasteiger partial charge on any atom is -0.480 e. The fourth-order valence-corrected chi connectivity index (χ4v) is 2.73. The van der Waals surface area contributed by atoms with E-state index in [0.717, 1.165) is 13.0 Å². The third kappa shape index (κ3) is 20.4. The number of rotatable bonds is 17. The van der Waals surface area contributed by atoms with Gasteiger partial charge < -0.3 is 10.4 Å². The van der Waals surface area contributed by atoms with E-state index in [-0.39, 0.29) is 29.6 Å². The second kappa shape index (κ2) is 20.5. The summed E-state index contributed by atoms with van der Waals surface area (Å²) in [6.07, 6.45) is 19.0. The van der Waals surface area contributed by atoms with Crippen molar-refractivity contribution in [3.05, 3.63) is 0 Å². The quantitative estimate of drug-likeness (QED) is 0.285. The van der Waals surface area contributed by atoms with Gasteiger partial charge in [0.05, 0.1) is 0 Å². The van der Waals surface area contributed by atoms with Crippen molar-refractivity contribution >= 4 is 35.5 Å². The molecular weight excluding hydrogens is 297 g/mol. The first-order chi connectivity index (χ1) is 10.7. The molecule has 0 aromatic rings. The average Bonchev–Trinajstić information content (AvgIpc) is 2.50. The summed E-state index contributed by atoms with van der Waals surface area (Å²) in [5.74, 6) is -0.759. The summed E-state index contributed by atoms with van der Waals surface area (Å²) in [6.45, 7) is 4.80. The zero-order valence-electron chi connectivity index (χ0n) is 16.0. The molecule has 1 radical (unpaired) electrons. The molecule has 4 heteroatoms. The van der Waals surface area contributed by atoms with Gasteiger partial charge in [-0.05, 0) is 19.9 Å². The van der Waals surface area contributed by atoms with E-state index >= 15 is 0 Å². The molecule has 0 aliphatic carbocycles. The van der Waals surface area contributed by atoms with Crippen LogP contribution in [0.5, 0.6) is 0 Å². The molecule has 3 nitrogen and oxygen atoms in total. The first kappa shape index (κ1) is 25.7. The van der Waals surface area contributed by atoms with Crippen LogP contribution in [-0.2, 0) is 4.79 Å². The van der Waals surface area contributed by atoms with Crippen molar-refractivity contribution in [1.82, 2.24) is 5.32 Å². The van der Waals surface area contributed by atoms with Gasteiger partial charge in [-0.15, -0.1) is 0 Å². The predicted molar refractivity (Wildman–Crippen MR) is 101 cm³/mol. The van der Waals surface area contributed by atoms with Gasteiger partial charge in [-0.25, -0.2) is 0 Å². The molecular formula is C19H39NNaO2. The van der Waals surface area contributed by atoms with Gasteiger partial charge in [0.1, 0.15) is 6.04 Å². The number of carboxylic acid groups (broad SMARTS) is 1. The van der Waals surface area contributed by atoms with Crippen molar-refractivity contribution in [2.24, 2.45) is 0 Å². The Balaban J connectivity index is 0. The Kier molecular flexibility index (Phi) is 22.8. The molecule has 0 aromatic carbocycles. The molecule has 133 valence electrons. The maximum absolute atomic E-state index is 10.6. The number of unbranched alkanes of at least 4 members (excludes halogenated alkanes) is 13. The number of carboxylic acids is 1. The molecule has 0 rings (SSSR count). The molecule has 2 N–H and O–H groups in total. The Morgan fingerprint density at radius 2 is 1.13 bits per heavy atom. The largest absolute Gasteiger partial charge is 0.480 e. The number of carbonyl (C=O) groups is 1. The van der Waals surface area contributed by atoms with Crippen LogP contribution in [-0.4, -0.2) is 53.2 Å². The third-order valence-electron chi connectivity index (χ3n) is 4.35. The van der Waals surface area contributed by atoms with E-state index in [1.165, 1.54) is 83.5 Å². The molecule has 23 heavy (non-hydrogen) atoms. The van der Waals surface area contributed by atoms with E-state index in [2.05, 4.69) is 12.2 Å². The second-order valence-electron chi connectivity index (χ2n) is 6.61. The molecule has 0 bridgehead atoms. The summed E-state index contributed by atoms with van der Waals surface area (Å²) in [4.78, 5) is 10.6. The second-order valence-corrected chi connectivity index (χ2v) is 6.61. The van der Waals surface area contributed by atoms with Crippen molar-refractivity contribution in [3.63, 3.8) is 0 Å². The molecule has 0 fully saturated rings. The minimum atomic E-state index is -0.759. The van der Waals surface area contributed by atoms with Crippen LogP contribution in [0.25, 0.3) is 0 Å². The van der Waals surface area contributed by atoms with E-state index in [0.29, 0.717) is 0 Å². The zero-order valence-corrected chi connectivity index (χ0v) is 18.0. The van der Waals surface area contributed by atoms with E-state index in [9.17, 15) is 4.79 Å². The molecule has 0 unspecified atom stereocenters. The van der Waals surface area contributed by atoms with Crippen LogP contribution < -0.4 is 5.32 Å². The van der Waals surface area contributed by atoms with Crippen molar-refractivity contribution in [1.29, 1.82) is 0 Å². The van der Waals surface area contributed by atoms with E-state index in [4.69, 9.17) is 5.11 Å². The number of nitrogens with one attached hydrogen (secondary N) is 1. The molecule has 0 heterocycles. The Hall–Kier alpha value is 0.430. The van der Waals surface area contributed by atoms with Crippen LogP contribution in [0.3, 0.4) is 0 Å². The standard InChI is InChI=1S/C19H39NO2.Na/c1-3-4-5-6-7-8-9-10-11-12-13-14-15-16-17-20-18(2)19(21)22;/h18,20H,3-17H2,1-2H3,(H,21,22);/t18-;/m0./s1. The fraction of sp³-hybridized carbons (Fsp3) is 0.947. The van der Waals surface area contributed by atoms with Crippen LogP contribution in [0.15, 0.2) is 0 Å². The first-order valence-electron chi connectivity index (χ1n) is 9.64. The zero-order chi connectivity index (χ0) is 16.5. The maximum atomic E-state index is 10.6. The molecule has 0 aliphatic rings. The maximum Gasteiger partial charge on any atom is 0.320 e. The van der Waals surface area contributed by atoms with Crippen molar-refractivity contribution in [2.75, 3.05) is 6.54 Å². The van der Waals surface area contributed by atoms with Crippen LogP contribution in [0, 0.1) is 0 Å². The van der Waals surface area contributed by atoms with Crippen molar-refractivity contribution in [2.45, 2.75) is 110 Å². The van der Waals surface area contributed by atoms with Gasteiger partial charge in [-0.1, -0.05) is 90.4 Å². The molecule has 1 atom stereocenters. The van der Waals surface area contributed by atoms with Gasteiger partial charge >= 0.3 is 5.97 Å². The van der Waals surface area contributed by atoms with Crippen LogP contribution in [0.2, 0.25) is 0 Å². The fourth-order valence-electron chi connectivity index (χ4n) is 2.73. The summed E-state index contributed by atoms with van der Waals surface area (Å²) >= 11 is 0. The van der Waals surface area contributed by atoms with Crippen molar-refractivity contribution < 1.29 is 9.90 Å². The summed E-state index contributed by atoms with van der Waals surface area (Å²) in [6, 6.07) is -0.415. The molecule has 0 amide bonds. The van der Waals surface area contributed by atoms with Gasteiger partial charge in [0, 0.05) is 29.6 Å². The Morgan fingerprint density at radius 1 is 0.783 bits per heavy atom. The van der Waals surface area contributed by atoms with Crippen LogP contribution >= 0.6 is 0 Å². The Morgan fingerprint density at radius 3 is 1.48 bits per heavy atom. The SMILES string of the molecule is CCCCCCCCCCCCCCCCN[C@@H](C)C(=O)O.[Na]. The van der Waals surface area contributed by atoms with E-state index in [1.54, 1.807) is 6.92 Å². The van der Waals surface area contributed by atoms with E-state index in [1.807, 2.05) is 0 Å². The van der Waals surface area contributed by atoms with Gasteiger partial charge in [0.2, 0.25) is 0 Å². The first-order valence-corrected chi connectivity index (χ1v) is 9.64. The predicted octanol–water partition coefficient (Wildman–Crippen LogP) is 5.15. The van der Waals surface area contributed by atoms with Gasteiger partial charge in [0.25, 0.3) is 0 Å². The molecule has 0 spiro atoms. The van der Waals surface area contributed by atoms with E-state index < -0.39 is 12.0 Å². The normalized spacial score (nSPS) is 11.9. The Bertz CT molecular complexity index is 250. The summed E-state index contributed by atoms with van der Waals surface area (Å²) in [5, 5.41) is 11.8. The van der Waals surface area contributed by atoms with Gasteiger partial charge in [-0.2, -0.15) is 0 Å². The number of hydrogen-bond acceptors (Lipinski definition) is 2. The molecule has 0 aliphatic heterocycles. The summed E-state index contributed by atoms with van der Waals surface area (Å²) in [7, 11) is 0. The smallest absolute Gasteiger partial charge is 0.320 e. The third-order valence-corrected chi connectivity index (χ3v) is 4.35.